The number of benzene rings is 3. The van der Waals surface area contributed by atoms with E-state index in [4.69, 9.17) is 11.6 Å². The highest BCUT2D eigenvalue weighted by atomic mass is 35.5. The smallest absolute Gasteiger partial charge is 0.226 e. The van der Waals surface area contributed by atoms with Gasteiger partial charge in [-0.1, -0.05) is 66.2 Å². The van der Waals surface area contributed by atoms with Gasteiger partial charge in [0.05, 0.1) is 5.69 Å². The summed E-state index contributed by atoms with van der Waals surface area (Å²) in [5.74, 6) is 0.670. The second-order valence-corrected chi connectivity index (χ2v) is 9.04. The third-order valence-corrected chi connectivity index (χ3v) is 6.47. The lowest BCUT2D eigenvalue weighted by molar-refractivity contribution is -0.115. The summed E-state index contributed by atoms with van der Waals surface area (Å²) >= 11 is 8.96. The number of hydrogen-bond acceptors (Lipinski definition) is 4. The Morgan fingerprint density at radius 3 is 2.30 bits per heavy atom. The van der Waals surface area contributed by atoms with Gasteiger partial charge in [0.1, 0.15) is 0 Å². The van der Waals surface area contributed by atoms with Crippen molar-refractivity contribution in [3.63, 3.8) is 0 Å². The van der Waals surface area contributed by atoms with E-state index in [1.54, 1.807) is 11.8 Å². The van der Waals surface area contributed by atoms with Crippen LogP contribution in [0.2, 0.25) is 5.02 Å². The zero-order chi connectivity index (χ0) is 20.8. The van der Waals surface area contributed by atoms with Crippen LogP contribution in [-0.4, -0.2) is 16.6 Å². The summed E-state index contributed by atoms with van der Waals surface area (Å²) in [5, 5.41) is 6.20. The summed E-state index contributed by atoms with van der Waals surface area (Å²) in [6, 6.07) is 26.2. The first-order chi connectivity index (χ1) is 14.7. The minimum atomic E-state index is -0.0308. The van der Waals surface area contributed by atoms with Crippen molar-refractivity contribution in [2.75, 3.05) is 11.1 Å². The molecular formula is C24H19ClN2OS2. The number of thioether (sulfide) groups is 1. The van der Waals surface area contributed by atoms with E-state index in [-0.39, 0.29) is 5.91 Å². The van der Waals surface area contributed by atoms with Gasteiger partial charge < -0.3 is 5.32 Å². The maximum atomic E-state index is 12.2. The fourth-order valence-electron chi connectivity index (χ4n) is 2.90. The molecule has 1 amide bonds. The van der Waals surface area contributed by atoms with Gasteiger partial charge in [-0.3, -0.25) is 4.79 Å². The van der Waals surface area contributed by atoms with E-state index in [2.05, 4.69) is 46.7 Å². The van der Waals surface area contributed by atoms with E-state index in [0.717, 1.165) is 16.2 Å². The summed E-state index contributed by atoms with van der Waals surface area (Å²) in [6.45, 7) is 0. The van der Waals surface area contributed by atoms with Crippen molar-refractivity contribution < 1.29 is 4.79 Å². The molecule has 30 heavy (non-hydrogen) atoms. The highest BCUT2D eigenvalue weighted by molar-refractivity contribution is 7.99. The van der Waals surface area contributed by atoms with Crippen molar-refractivity contribution in [1.29, 1.82) is 0 Å². The van der Waals surface area contributed by atoms with Gasteiger partial charge in [-0.25, -0.2) is 4.98 Å². The second kappa shape index (κ2) is 9.94. The molecule has 0 atom stereocenters. The quantitative estimate of drug-likeness (QED) is 0.301. The maximum Gasteiger partial charge on any atom is 0.226 e. The third kappa shape index (κ3) is 5.51. The van der Waals surface area contributed by atoms with Crippen LogP contribution in [-0.2, 0) is 4.79 Å². The van der Waals surface area contributed by atoms with Crippen LogP contribution in [0.3, 0.4) is 0 Å². The fourth-order valence-corrected chi connectivity index (χ4v) is 4.62. The molecule has 0 aliphatic rings. The molecule has 0 bridgehead atoms. The minimum absolute atomic E-state index is 0.0308. The molecule has 4 rings (SSSR count). The number of thiazole rings is 1. The molecule has 150 valence electrons. The van der Waals surface area contributed by atoms with Crippen LogP contribution >= 0.6 is 34.7 Å². The molecule has 0 spiro atoms. The van der Waals surface area contributed by atoms with E-state index in [1.165, 1.54) is 22.5 Å². The van der Waals surface area contributed by atoms with Gasteiger partial charge in [-0.05, 0) is 35.4 Å². The summed E-state index contributed by atoms with van der Waals surface area (Å²) in [4.78, 5) is 17.9. The first kappa shape index (κ1) is 20.7. The number of nitrogens with zero attached hydrogens (tertiary/aromatic N) is 1. The van der Waals surface area contributed by atoms with Gasteiger partial charge in [0, 0.05) is 33.0 Å². The Labute approximate surface area is 189 Å². The van der Waals surface area contributed by atoms with E-state index < -0.39 is 0 Å². The monoisotopic (exact) mass is 450 g/mol. The second-order valence-electron chi connectivity index (χ2n) is 6.58. The van der Waals surface area contributed by atoms with E-state index in [1.807, 2.05) is 47.8 Å². The molecule has 1 N–H and O–H groups in total. The Hall–Kier alpha value is -2.60. The maximum absolute atomic E-state index is 12.2. The predicted molar refractivity (Wildman–Crippen MR) is 128 cm³/mol. The Morgan fingerprint density at radius 1 is 0.900 bits per heavy atom. The molecule has 0 fully saturated rings. The normalized spacial score (nSPS) is 10.7. The molecule has 0 saturated heterocycles. The van der Waals surface area contributed by atoms with Crippen molar-refractivity contribution in [2.24, 2.45) is 0 Å². The van der Waals surface area contributed by atoms with Crippen molar-refractivity contribution in [2.45, 2.75) is 11.3 Å². The number of carbonyl (C=O) groups is 1. The summed E-state index contributed by atoms with van der Waals surface area (Å²) in [5.41, 5.74) is 4.25. The van der Waals surface area contributed by atoms with Crippen molar-refractivity contribution in [1.82, 2.24) is 4.98 Å². The third-order valence-electron chi connectivity index (χ3n) is 4.45. The van der Waals surface area contributed by atoms with Gasteiger partial charge in [0.25, 0.3) is 0 Å². The summed E-state index contributed by atoms with van der Waals surface area (Å²) in [7, 11) is 0. The number of carbonyl (C=O) groups excluding carboxylic acids is 1. The van der Waals surface area contributed by atoms with Crippen LogP contribution in [0.1, 0.15) is 6.42 Å². The van der Waals surface area contributed by atoms with Crippen molar-refractivity contribution >= 4 is 45.7 Å². The molecule has 0 unspecified atom stereocenters. The van der Waals surface area contributed by atoms with Gasteiger partial charge >= 0.3 is 0 Å². The van der Waals surface area contributed by atoms with E-state index in [0.29, 0.717) is 22.3 Å². The van der Waals surface area contributed by atoms with E-state index in [9.17, 15) is 4.79 Å². The lowest BCUT2D eigenvalue weighted by atomic mass is 10.0. The largest absolute Gasteiger partial charge is 0.302 e. The van der Waals surface area contributed by atoms with Gasteiger partial charge in [0.15, 0.2) is 5.13 Å². The lowest BCUT2D eigenvalue weighted by Crippen LogP contribution is -2.11. The molecule has 0 aliphatic carbocycles. The average Bonchev–Trinajstić information content (AvgIpc) is 3.24. The average molecular weight is 451 g/mol. The number of amides is 1. The van der Waals surface area contributed by atoms with Gasteiger partial charge in [-0.2, -0.15) is 0 Å². The number of nitrogens with one attached hydrogen (secondary N) is 1. The van der Waals surface area contributed by atoms with Gasteiger partial charge in [0.2, 0.25) is 5.91 Å². The first-order valence-electron chi connectivity index (χ1n) is 9.47. The SMILES string of the molecule is O=C(CCSc1ccc(Cl)cc1)Nc1nc(-c2ccc(-c3ccccc3)cc2)cs1. The number of rotatable bonds is 7. The van der Waals surface area contributed by atoms with Crippen LogP contribution in [0, 0.1) is 0 Å². The Morgan fingerprint density at radius 2 is 1.57 bits per heavy atom. The molecule has 4 aromatic rings. The summed E-state index contributed by atoms with van der Waals surface area (Å²) < 4.78 is 0. The molecular weight excluding hydrogens is 432 g/mol. The van der Waals surface area contributed by atoms with Crippen LogP contribution in [0.5, 0.6) is 0 Å². The highest BCUT2D eigenvalue weighted by Gasteiger charge is 2.09. The standard InChI is InChI=1S/C24H19ClN2OS2/c25-20-10-12-21(13-11-20)29-15-14-23(28)27-24-26-22(16-30-24)19-8-6-18(7-9-19)17-4-2-1-3-5-17/h1-13,16H,14-15H2,(H,26,27,28). The fraction of sp³-hybridized carbons (Fsp3) is 0.0833. The number of halogens is 1. The summed E-state index contributed by atoms with van der Waals surface area (Å²) in [6.07, 6.45) is 0.425. The topological polar surface area (TPSA) is 42.0 Å². The Kier molecular flexibility index (Phi) is 6.84. The number of anilines is 1. The number of hydrogen-bond donors (Lipinski definition) is 1. The molecule has 0 radical (unpaired) electrons. The van der Waals surface area contributed by atoms with Gasteiger partial charge in [-0.15, -0.1) is 23.1 Å². The molecule has 3 aromatic carbocycles. The van der Waals surface area contributed by atoms with Crippen molar-refractivity contribution in [3.8, 4) is 22.4 Å². The molecule has 1 aromatic heterocycles. The van der Waals surface area contributed by atoms with Crippen LogP contribution in [0.15, 0.2) is 89.1 Å². The molecule has 0 saturated carbocycles. The van der Waals surface area contributed by atoms with Crippen molar-refractivity contribution in [3.05, 3.63) is 89.3 Å². The molecule has 6 heteroatoms. The highest BCUT2D eigenvalue weighted by Crippen LogP contribution is 2.28. The van der Waals surface area contributed by atoms with Crippen LogP contribution in [0.4, 0.5) is 5.13 Å². The Balaban J connectivity index is 1.31. The predicted octanol–water partition coefficient (Wildman–Crippen LogP) is 7.25. The molecule has 1 heterocycles. The Bertz CT molecular complexity index is 1110. The zero-order valence-corrected chi connectivity index (χ0v) is 18.4. The molecule has 3 nitrogen and oxygen atoms in total. The van der Waals surface area contributed by atoms with Crippen LogP contribution < -0.4 is 5.32 Å². The zero-order valence-electron chi connectivity index (χ0n) is 16.0. The van der Waals surface area contributed by atoms with Crippen LogP contribution in [0.25, 0.3) is 22.4 Å². The minimum Gasteiger partial charge on any atom is -0.302 e. The number of aromatic nitrogens is 1. The molecule has 0 aliphatic heterocycles. The van der Waals surface area contributed by atoms with E-state index >= 15 is 0 Å². The first-order valence-corrected chi connectivity index (χ1v) is 11.7. The lowest BCUT2D eigenvalue weighted by Gasteiger charge is -2.03.